The van der Waals surface area contributed by atoms with E-state index in [4.69, 9.17) is 14.2 Å². The van der Waals surface area contributed by atoms with Gasteiger partial charge in [-0.3, -0.25) is 14.3 Å². The number of fused-ring (bicyclic) bond motifs is 1. The van der Waals surface area contributed by atoms with E-state index >= 15 is 0 Å². The quantitative estimate of drug-likeness (QED) is 0.713. The molecule has 9 heteroatoms. The van der Waals surface area contributed by atoms with Crippen molar-refractivity contribution in [2.75, 3.05) is 13.4 Å². The maximum atomic E-state index is 14.5. The van der Waals surface area contributed by atoms with Gasteiger partial charge in [0.25, 0.3) is 11.4 Å². The van der Waals surface area contributed by atoms with E-state index in [9.17, 15) is 19.1 Å². The predicted octanol–water partition coefficient (Wildman–Crippen LogP) is -1.14. The maximum Gasteiger partial charge on any atom is 0.330 e. The van der Waals surface area contributed by atoms with Crippen LogP contribution in [0.4, 0.5) is 4.39 Å². The van der Waals surface area contributed by atoms with E-state index in [2.05, 4.69) is 0 Å². The van der Waals surface area contributed by atoms with Gasteiger partial charge in [0, 0.05) is 12.3 Å². The monoisotopic (exact) mass is 288 g/mol. The smallest absolute Gasteiger partial charge is 0.330 e. The highest BCUT2D eigenvalue weighted by molar-refractivity contribution is 5.07. The Morgan fingerprint density at radius 1 is 1.60 bits per heavy atom. The van der Waals surface area contributed by atoms with E-state index in [1.165, 1.54) is 13.1 Å². The first-order valence-corrected chi connectivity index (χ1v) is 5.95. The number of hydrogen-bond acceptors (Lipinski definition) is 6. The van der Waals surface area contributed by atoms with E-state index < -0.39 is 41.6 Å². The van der Waals surface area contributed by atoms with Crippen molar-refractivity contribution in [2.24, 2.45) is 0 Å². The summed E-state index contributed by atoms with van der Waals surface area (Å²) >= 11 is 0. The van der Waals surface area contributed by atoms with Gasteiger partial charge in [0.1, 0.15) is 19.0 Å². The molecule has 2 saturated heterocycles. The molecule has 2 N–H and O–H groups in total. The Balaban J connectivity index is 2.10. The summed E-state index contributed by atoms with van der Waals surface area (Å²) in [4.78, 5) is 24.9. The van der Waals surface area contributed by atoms with Gasteiger partial charge in [0.2, 0.25) is 0 Å². The molecule has 20 heavy (non-hydrogen) atoms. The first kappa shape index (κ1) is 13.4. The van der Waals surface area contributed by atoms with Crippen molar-refractivity contribution in [3.63, 3.8) is 0 Å². The molecule has 0 aliphatic carbocycles. The van der Waals surface area contributed by atoms with Gasteiger partial charge in [-0.2, -0.15) is 0 Å². The molecule has 2 aliphatic rings. The average molecular weight is 288 g/mol. The Kier molecular flexibility index (Phi) is 2.83. The van der Waals surface area contributed by atoms with Crippen molar-refractivity contribution in [1.29, 1.82) is 0 Å². The van der Waals surface area contributed by atoms with Gasteiger partial charge in [0.15, 0.2) is 12.3 Å². The minimum atomic E-state index is -2.48. The fraction of sp³-hybridized carbons (Fsp3) is 0.636. The number of H-pyrrole nitrogens is 1. The molecular weight excluding hydrogens is 275 g/mol. The summed E-state index contributed by atoms with van der Waals surface area (Å²) in [6.07, 6.45) is -1.17. The van der Waals surface area contributed by atoms with E-state index in [1.54, 1.807) is 0 Å². The highest BCUT2D eigenvalue weighted by Crippen LogP contribution is 2.50. The standard InChI is InChI=1S/C11H13FN2O6/c1-10-7(18-5-19-10)11(12,4-15)20-8(10)14-3-2-6(16)13-9(14)17/h2-3,7-8,15H,4-5H2,1H3,(H,13,16,17)/t7-,8+,10+,11+/m0/s1. The third-order valence-electron chi connectivity index (χ3n) is 3.63. The number of nitrogens with one attached hydrogen (secondary N) is 1. The summed E-state index contributed by atoms with van der Waals surface area (Å²) in [7, 11) is 0. The van der Waals surface area contributed by atoms with Crippen LogP contribution in [-0.4, -0.2) is 45.6 Å². The lowest BCUT2D eigenvalue weighted by Crippen LogP contribution is -2.47. The zero-order valence-corrected chi connectivity index (χ0v) is 10.5. The number of hydrogen-bond donors (Lipinski definition) is 2. The molecule has 4 atom stereocenters. The van der Waals surface area contributed by atoms with Crippen LogP contribution in [0, 0.1) is 0 Å². The second-order valence-electron chi connectivity index (χ2n) is 4.92. The molecule has 2 fully saturated rings. The first-order chi connectivity index (χ1) is 9.40. The molecule has 0 unspecified atom stereocenters. The Labute approximate surface area is 111 Å². The second-order valence-corrected chi connectivity index (χ2v) is 4.92. The second kappa shape index (κ2) is 4.22. The molecule has 0 amide bonds. The Hall–Kier alpha value is -1.55. The van der Waals surface area contributed by atoms with Crippen LogP contribution in [0.25, 0.3) is 0 Å². The molecule has 3 rings (SSSR count). The molecule has 0 spiro atoms. The van der Waals surface area contributed by atoms with Gasteiger partial charge in [0.05, 0.1) is 0 Å². The number of nitrogens with zero attached hydrogens (tertiary/aromatic N) is 1. The molecule has 3 heterocycles. The summed E-state index contributed by atoms with van der Waals surface area (Å²) < 4.78 is 31.2. The zero-order chi connectivity index (χ0) is 14.5. The molecule has 8 nitrogen and oxygen atoms in total. The lowest BCUT2D eigenvalue weighted by molar-refractivity contribution is -0.230. The maximum absolute atomic E-state index is 14.5. The van der Waals surface area contributed by atoms with Crippen LogP contribution in [-0.2, 0) is 14.2 Å². The number of alkyl halides is 1. The van der Waals surface area contributed by atoms with Crippen molar-refractivity contribution < 1.29 is 23.7 Å². The van der Waals surface area contributed by atoms with Gasteiger partial charge in [-0.25, -0.2) is 9.18 Å². The highest BCUT2D eigenvalue weighted by atomic mass is 19.2. The van der Waals surface area contributed by atoms with Crippen LogP contribution in [0.1, 0.15) is 13.2 Å². The van der Waals surface area contributed by atoms with E-state index in [0.717, 1.165) is 10.6 Å². The molecule has 2 aliphatic heterocycles. The molecule has 1 aromatic heterocycles. The van der Waals surface area contributed by atoms with Crippen LogP contribution >= 0.6 is 0 Å². The minimum absolute atomic E-state index is 0.176. The number of rotatable bonds is 2. The molecule has 0 saturated carbocycles. The van der Waals surface area contributed by atoms with E-state index in [0.29, 0.717) is 0 Å². The SMILES string of the molecule is C[C@@]12OCO[C@@H]1[C@@](F)(CO)O[C@H]2n1ccc(=O)[nH]c1=O. The van der Waals surface area contributed by atoms with Gasteiger partial charge in [-0.1, -0.05) is 0 Å². The fourth-order valence-electron chi connectivity index (χ4n) is 2.65. The lowest BCUT2D eigenvalue weighted by Gasteiger charge is -2.27. The van der Waals surface area contributed by atoms with Crippen LogP contribution in [0.15, 0.2) is 21.9 Å². The van der Waals surface area contributed by atoms with Crippen LogP contribution in [0.5, 0.6) is 0 Å². The number of aromatic nitrogens is 2. The number of ether oxygens (including phenoxy) is 3. The fourth-order valence-corrected chi connectivity index (χ4v) is 2.65. The molecular formula is C11H13FN2O6. The lowest BCUT2D eigenvalue weighted by atomic mass is 9.95. The molecule has 0 bridgehead atoms. The zero-order valence-electron chi connectivity index (χ0n) is 10.5. The molecule has 110 valence electrons. The highest BCUT2D eigenvalue weighted by Gasteiger charge is 2.68. The normalized spacial score (nSPS) is 40.0. The van der Waals surface area contributed by atoms with E-state index in [-0.39, 0.29) is 6.79 Å². The summed E-state index contributed by atoms with van der Waals surface area (Å²) in [5, 5.41) is 9.18. The van der Waals surface area contributed by atoms with Crippen molar-refractivity contribution in [1.82, 2.24) is 9.55 Å². The van der Waals surface area contributed by atoms with Gasteiger partial charge in [-0.15, -0.1) is 0 Å². The van der Waals surface area contributed by atoms with Gasteiger partial charge >= 0.3 is 5.69 Å². The largest absolute Gasteiger partial charge is 0.390 e. The van der Waals surface area contributed by atoms with Crippen molar-refractivity contribution in [3.05, 3.63) is 33.1 Å². The number of aliphatic hydroxyl groups is 1. The Morgan fingerprint density at radius 3 is 3.00 bits per heavy atom. The number of aromatic amines is 1. The van der Waals surface area contributed by atoms with E-state index in [1.807, 2.05) is 4.98 Å². The molecule has 1 aromatic rings. The molecule has 0 radical (unpaired) electrons. The summed E-state index contributed by atoms with van der Waals surface area (Å²) in [6, 6.07) is 1.11. The topological polar surface area (TPSA) is 103 Å². The minimum Gasteiger partial charge on any atom is -0.390 e. The summed E-state index contributed by atoms with van der Waals surface area (Å²) in [6.45, 7) is 0.403. The average Bonchev–Trinajstić information content (AvgIpc) is 2.88. The Bertz CT molecular complexity index is 644. The summed E-state index contributed by atoms with van der Waals surface area (Å²) in [5.74, 6) is -2.48. The number of halogens is 1. The van der Waals surface area contributed by atoms with Crippen molar-refractivity contribution >= 4 is 0 Å². The Morgan fingerprint density at radius 2 is 2.35 bits per heavy atom. The van der Waals surface area contributed by atoms with Crippen LogP contribution in [0.3, 0.4) is 0 Å². The van der Waals surface area contributed by atoms with Crippen LogP contribution in [0.2, 0.25) is 0 Å². The van der Waals surface area contributed by atoms with Crippen LogP contribution < -0.4 is 11.2 Å². The third-order valence-corrected chi connectivity index (χ3v) is 3.63. The first-order valence-electron chi connectivity index (χ1n) is 5.95. The van der Waals surface area contributed by atoms with Gasteiger partial charge < -0.3 is 19.3 Å². The number of aliphatic hydroxyl groups excluding tert-OH is 1. The third kappa shape index (κ3) is 1.67. The predicted molar refractivity (Wildman–Crippen MR) is 61.6 cm³/mol. The summed E-state index contributed by atoms with van der Waals surface area (Å²) in [5.41, 5.74) is -2.64. The van der Waals surface area contributed by atoms with Crippen molar-refractivity contribution in [3.8, 4) is 0 Å². The van der Waals surface area contributed by atoms with Gasteiger partial charge in [-0.05, 0) is 6.92 Å². The van der Waals surface area contributed by atoms with Crippen molar-refractivity contribution in [2.45, 2.75) is 30.7 Å². The molecule has 0 aromatic carbocycles.